The minimum absolute atomic E-state index is 0.380. The fourth-order valence-corrected chi connectivity index (χ4v) is 1.25. The van der Waals surface area contributed by atoms with Gasteiger partial charge in [0.15, 0.2) is 0 Å². The monoisotopic (exact) mass is 265 g/mol. The fourth-order valence-electron chi connectivity index (χ4n) is 1.25. The van der Waals surface area contributed by atoms with E-state index in [2.05, 4.69) is 5.32 Å². The summed E-state index contributed by atoms with van der Waals surface area (Å²) < 4.78 is 10.2. The van der Waals surface area contributed by atoms with E-state index in [9.17, 15) is 9.59 Å². The maximum Gasteiger partial charge on any atom is 0.328 e. The number of esters is 1. The molecule has 104 valence electrons. The summed E-state index contributed by atoms with van der Waals surface area (Å²) in [5.41, 5.74) is -0.569. The van der Waals surface area contributed by atoms with E-state index in [0.717, 1.165) is 0 Å². The molecule has 0 saturated heterocycles. The van der Waals surface area contributed by atoms with Gasteiger partial charge in [0.25, 0.3) is 0 Å². The second-order valence-electron chi connectivity index (χ2n) is 5.11. The van der Waals surface area contributed by atoms with Crippen molar-refractivity contribution in [3.05, 3.63) is 30.2 Å². The van der Waals surface area contributed by atoms with Gasteiger partial charge in [0.1, 0.15) is 17.4 Å². The van der Waals surface area contributed by atoms with Crippen molar-refractivity contribution < 1.29 is 18.7 Å². The Kier molecular flexibility index (Phi) is 4.92. The summed E-state index contributed by atoms with van der Waals surface area (Å²) in [6.07, 6.45) is 4.34. The summed E-state index contributed by atoms with van der Waals surface area (Å²) in [5.74, 6) is -0.276. The highest BCUT2D eigenvalue weighted by Crippen LogP contribution is 2.08. The third kappa shape index (κ3) is 5.90. The van der Waals surface area contributed by atoms with E-state index >= 15 is 0 Å². The Balaban J connectivity index is 2.46. The lowest BCUT2D eigenvalue weighted by Crippen LogP contribution is -2.41. The lowest BCUT2D eigenvalue weighted by Gasteiger charge is -2.22. The molecule has 0 unspecified atom stereocenters. The van der Waals surface area contributed by atoms with Crippen LogP contribution in [0.15, 0.2) is 28.9 Å². The summed E-state index contributed by atoms with van der Waals surface area (Å²) in [6, 6.07) is 2.75. The Morgan fingerprint density at radius 2 is 2.11 bits per heavy atom. The summed E-state index contributed by atoms with van der Waals surface area (Å²) >= 11 is 0. The molecule has 0 bridgehead atoms. The van der Waals surface area contributed by atoms with Gasteiger partial charge in [-0.15, -0.1) is 0 Å². The van der Waals surface area contributed by atoms with E-state index in [0.29, 0.717) is 5.76 Å². The first-order valence-corrected chi connectivity index (χ1v) is 6.03. The fraction of sp³-hybridized carbons (Fsp3) is 0.429. The molecule has 1 heterocycles. The van der Waals surface area contributed by atoms with Gasteiger partial charge in [-0.1, -0.05) is 0 Å². The minimum Gasteiger partial charge on any atom is -0.465 e. The third-order valence-corrected chi connectivity index (χ3v) is 2.06. The van der Waals surface area contributed by atoms with Crippen LogP contribution in [0.25, 0.3) is 6.08 Å². The smallest absolute Gasteiger partial charge is 0.328 e. The number of hydrogen-bond acceptors (Lipinski definition) is 4. The summed E-state index contributed by atoms with van der Waals surface area (Å²) in [7, 11) is 0. The first-order chi connectivity index (χ1) is 8.78. The van der Waals surface area contributed by atoms with Crippen LogP contribution in [0.1, 0.15) is 33.5 Å². The molecule has 5 nitrogen and oxygen atoms in total. The molecule has 1 amide bonds. The van der Waals surface area contributed by atoms with Crippen LogP contribution in [-0.4, -0.2) is 23.5 Å². The van der Waals surface area contributed by atoms with E-state index in [1.54, 1.807) is 39.8 Å². The van der Waals surface area contributed by atoms with Crippen LogP contribution in [0.5, 0.6) is 0 Å². The van der Waals surface area contributed by atoms with Gasteiger partial charge < -0.3 is 14.5 Å². The highest BCUT2D eigenvalue weighted by atomic mass is 16.6. The zero-order valence-electron chi connectivity index (χ0n) is 11.6. The van der Waals surface area contributed by atoms with Gasteiger partial charge in [0.2, 0.25) is 5.91 Å². The third-order valence-electron chi connectivity index (χ3n) is 2.06. The quantitative estimate of drug-likeness (QED) is 0.669. The van der Waals surface area contributed by atoms with Crippen molar-refractivity contribution >= 4 is 18.0 Å². The van der Waals surface area contributed by atoms with Gasteiger partial charge >= 0.3 is 5.97 Å². The molecule has 1 aromatic rings. The Labute approximate surface area is 112 Å². The molecular formula is C14H19NO4. The molecule has 0 radical (unpaired) electrons. The van der Waals surface area contributed by atoms with Crippen LogP contribution in [0.3, 0.4) is 0 Å². The maximum absolute atomic E-state index is 11.6. The van der Waals surface area contributed by atoms with Crippen LogP contribution in [-0.2, 0) is 14.3 Å². The lowest BCUT2D eigenvalue weighted by atomic mass is 10.2. The first kappa shape index (κ1) is 15.0. The summed E-state index contributed by atoms with van der Waals surface area (Å²) in [4.78, 5) is 23.2. The van der Waals surface area contributed by atoms with E-state index in [-0.39, 0.29) is 5.91 Å². The van der Waals surface area contributed by atoms with Gasteiger partial charge in [-0.05, 0) is 45.9 Å². The average Bonchev–Trinajstić information content (AvgIpc) is 2.76. The van der Waals surface area contributed by atoms with E-state index in [1.807, 2.05) is 0 Å². The number of rotatable bonds is 4. The second kappa shape index (κ2) is 6.22. The first-order valence-electron chi connectivity index (χ1n) is 6.03. The molecule has 0 aliphatic heterocycles. The molecule has 0 spiro atoms. The Hall–Kier alpha value is -2.04. The van der Waals surface area contributed by atoms with E-state index in [1.165, 1.54) is 18.4 Å². The summed E-state index contributed by atoms with van der Waals surface area (Å²) in [5, 5.41) is 2.52. The Morgan fingerprint density at radius 1 is 1.42 bits per heavy atom. The van der Waals surface area contributed by atoms with Gasteiger partial charge in [-0.25, -0.2) is 4.79 Å². The van der Waals surface area contributed by atoms with Crippen molar-refractivity contribution in [2.75, 3.05) is 0 Å². The predicted octanol–water partition coefficient (Wildman–Crippen LogP) is 2.14. The standard InChI is InChI=1S/C14H19NO4/c1-10(13(17)19-14(2,3)4)15-12(16)8-7-11-6-5-9-18-11/h5-10H,1-4H3,(H,15,16)/b8-7+/t10-/m0/s1. The lowest BCUT2D eigenvalue weighted by molar-refractivity contribution is -0.157. The van der Waals surface area contributed by atoms with Crippen LogP contribution < -0.4 is 5.32 Å². The van der Waals surface area contributed by atoms with Gasteiger partial charge in [-0.2, -0.15) is 0 Å². The normalized spacial score (nSPS) is 13.3. The highest BCUT2D eigenvalue weighted by molar-refractivity contribution is 5.94. The number of ether oxygens (including phenoxy) is 1. The van der Waals surface area contributed by atoms with E-state index < -0.39 is 17.6 Å². The number of hydrogen-bond donors (Lipinski definition) is 1. The number of carbonyl (C=O) groups excluding carboxylic acids is 2. The molecule has 5 heteroatoms. The zero-order chi connectivity index (χ0) is 14.5. The topological polar surface area (TPSA) is 68.5 Å². The van der Waals surface area contributed by atoms with Crippen LogP contribution in [0.4, 0.5) is 0 Å². The van der Waals surface area contributed by atoms with Crippen molar-refractivity contribution in [3.8, 4) is 0 Å². The second-order valence-corrected chi connectivity index (χ2v) is 5.11. The maximum atomic E-state index is 11.6. The highest BCUT2D eigenvalue weighted by Gasteiger charge is 2.22. The van der Waals surface area contributed by atoms with Crippen LogP contribution >= 0.6 is 0 Å². The zero-order valence-corrected chi connectivity index (χ0v) is 11.6. The molecule has 19 heavy (non-hydrogen) atoms. The molecular weight excluding hydrogens is 246 g/mol. The molecule has 0 aliphatic carbocycles. The van der Waals surface area contributed by atoms with Gasteiger partial charge in [-0.3, -0.25) is 4.79 Å². The Morgan fingerprint density at radius 3 is 2.63 bits per heavy atom. The van der Waals surface area contributed by atoms with Crippen molar-refractivity contribution in [1.29, 1.82) is 0 Å². The molecule has 0 saturated carbocycles. The van der Waals surface area contributed by atoms with Crippen molar-refractivity contribution in [2.24, 2.45) is 0 Å². The predicted molar refractivity (Wildman–Crippen MR) is 71.2 cm³/mol. The van der Waals surface area contributed by atoms with Crippen LogP contribution in [0.2, 0.25) is 0 Å². The largest absolute Gasteiger partial charge is 0.465 e. The van der Waals surface area contributed by atoms with Crippen molar-refractivity contribution in [3.63, 3.8) is 0 Å². The molecule has 1 aromatic heterocycles. The summed E-state index contributed by atoms with van der Waals surface area (Å²) in [6.45, 7) is 6.90. The molecule has 1 N–H and O–H groups in total. The van der Waals surface area contributed by atoms with Crippen molar-refractivity contribution in [1.82, 2.24) is 5.32 Å². The van der Waals surface area contributed by atoms with Crippen molar-refractivity contribution in [2.45, 2.75) is 39.3 Å². The molecule has 0 aliphatic rings. The van der Waals surface area contributed by atoms with Crippen LogP contribution in [0, 0.1) is 0 Å². The average molecular weight is 265 g/mol. The van der Waals surface area contributed by atoms with Gasteiger partial charge in [0.05, 0.1) is 6.26 Å². The van der Waals surface area contributed by atoms with E-state index in [4.69, 9.17) is 9.15 Å². The Bertz CT molecular complexity index is 454. The molecule has 0 fully saturated rings. The molecule has 0 aromatic carbocycles. The molecule has 1 atom stereocenters. The van der Waals surface area contributed by atoms with Gasteiger partial charge in [0, 0.05) is 6.08 Å². The minimum atomic E-state index is -0.701. The SMILES string of the molecule is C[C@H](NC(=O)/C=C/c1ccco1)C(=O)OC(C)(C)C. The molecule has 1 rings (SSSR count). The number of carbonyl (C=O) groups is 2. The number of furan rings is 1. The number of nitrogens with one attached hydrogen (secondary N) is 1. The number of amides is 1.